The quantitative estimate of drug-likeness (QED) is 0.824. The summed E-state index contributed by atoms with van der Waals surface area (Å²) in [4.78, 5) is 0. The summed E-state index contributed by atoms with van der Waals surface area (Å²) < 4.78 is 5.73. The molecule has 0 spiro atoms. The molecule has 0 atom stereocenters. The first kappa shape index (κ1) is 11.7. The van der Waals surface area contributed by atoms with Crippen LogP contribution in [-0.2, 0) is 6.42 Å². The monoisotopic (exact) mass is 239 g/mol. The van der Waals surface area contributed by atoms with E-state index in [0.29, 0.717) is 5.02 Å². The summed E-state index contributed by atoms with van der Waals surface area (Å²) in [5, 5.41) is 3.85. The van der Waals surface area contributed by atoms with E-state index in [2.05, 4.69) is 17.4 Å². The molecule has 0 aromatic heterocycles. The van der Waals surface area contributed by atoms with Gasteiger partial charge in [-0.3, -0.25) is 0 Å². The molecule has 0 saturated heterocycles. The maximum absolute atomic E-state index is 6.09. The van der Waals surface area contributed by atoms with Gasteiger partial charge in [0.25, 0.3) is 0 Å². The van der Waals surface area contributed by atoms with Gasteiger partial charge in [-0.15, -0.1) is 0 Å². The molecule has 0 aliphatic heterocycles. The number of hydrogen-bond acceptors (Lipinski definition) is 2. The first-order valence-corrected chi connectivity index (χ1v) is 6.23. The van der Waals surface area contributed by atoms with Crippen LogP contribution in [0.4, 0.5) is 0 Å². The van der Waals surface area contributed by atoms with Gasteiger partial charge in [-0.2, -0.15) is 0 Å². The molecule has 2 rings (SSSR count). The summed E-state index contributed by atoms with van der Waals surface area (Å²) in [5.74, 6) is 1.60. The van der Waals surface area contributed by atoms with E-state index in [4.69, 9.17) is 16.3 Å². The van der Waals surface area contributed by atoms with Crippen LogP contribution in [0.1, 0.15) is 18.4 Å². The fraction of sp³-hybridized carbons (Fsp3) is 0.538. The molecule has 1 aromatic rings. The Balaban J connectivity index is 1.96. The third-order valence-electron chi connectivity index (χ3n) is 2.83. The molecule has 2 nitrogen and oxygen atoms in total. The van der Waals surface area contributed by atoms with Crippen LogP contribution in [0.2, 0.25) is 5.02 Å². The third-order valence-corrected chi connectivity index (χ3v) is 3.14. The van der Waals surface area contributed by atoms with Crippen molar-refractivity contribution < 1.29 is 4.74 Å². The zero-order valence-electron chi connectivity index (χ0n) is 9.63. The Morgan fingerprint density at radius 1 is 1.44 bits per heavy atom. The molecule has 1 aliphatic rings. The molecule has 1 aliphatic carbocycles. The highest BCUT2D eigenvalue weighted by Gasteiger charge is 2.22. The number of nitrogens with one attached hydrogen (secondary N) is 1. The van der Waals surface area contributed by atoms with E-state index >= 15 is 0 Å². The smallest absolute Gasteiger partial charge is 0.138 e. The average molecular weight is 240 g/mol. The van der Waals surface area contributed by atoms with E-state index in [1.54, 1.807) is 0 Å². The normalized spacial score (nSPS) is 15.1. The number of halogens is 1. The summed E-state index contributed by atoms with van der Waals surface area (Å²) in [7, 11) is 1.96. The Bertz CT molecular complexity index is 350. The van der Waals surface area contributed by atoms with Gasteiger partial charge in [0.05, 0.1) is 11.6 Å². The van der Waals surface area contributed by atoms with E-state index in [1.165, 1.54) is 18.4 Å². The van der Waals surface area contributed by atoms with E-state index in [-0.39, 0.29) is 0 Å². The molecule has 0 radical (unpaired) electrons. The van der Waals surface area contributed by atoms with Gasteiger partial charge in [0.15, 0.2) is 0 Å². The van der Waals surface area contributed by atoms with Crippen LogP contribution < -0.4 is 10.1 Å². The lowest BCUT2D eigenvalue weighted by Crippen LogP contribution is -2.10. The van der Waals surface area contributed by atoms with Gasteiger partial charge in [0.2, 0.25) is 0 Å². The maximum Gasteiger partial charge on any atom is 0.138 e. The summed E-state index contributed by atoms with van der Waals surface area (Å²) >= 11 is 6.09. The fourth-order valence-electron chi connectivity index (χ4n) is 1.58. The highest BCUT2D eigenvalue weighted by molar-refractivity contribution is 6.32. The predicted molar refractivity (Wildman–Crippen MR) is 67.3 cm³/mol. The summed E-state index contributed by atoms with van der Waals surface area (Å²) in [6.45, 7) is 1.79. The molecule has 88 valence electrons. The minimum absolute atomic E-state index is 0.717. The molecule has 0 unspecified atom stereocenters. The number of hydrogen-bond donors (Lipinski definition) is 1. The Hall–Kier alpha value is -0.730. The van der Waals surface area contributed by atoms with Gasteiger partial charge in [-0.05, 0) is 56.5 Å². The fourth-order valence-corrected chi connectivity index (χ4v) is 1.75. The second-order valence-corrected chi connectivity index (χ2v) is 4.78. The molecule has 0 bridgehead atoms. The standard InChI is InChI=1S/C13H18ClNO/c1-15-7-6-10-4-5-12(14)13(8-10)16-9-11-2-3-11/h4-5,8,11,15H,2-3,6-7,9H2,1H3. The molecule has 3 heteroatoms. The number of ether oxygens (including phenoxy) is 1. The minimum atomic E-state index is 0.717. The van der Waals surface area contributed by atoms with E-state index in [0.717, 1.165) is 31.2 Å². The van der Waals surface area contributed by atoms with Crippen LogP contribution in [0.3, 0.4) is 0 Å². The van der Waals surface area contributed by atoms with Crippen LogP contribution >= 0.6 is 11.6 Å². The number of likely N-dealkylation sites (N-methyl/N-ethyl adjacent to an activating group) is 1. The van der Waals surface area contributed by atoms with Crippen LogP contribution in [0.25, 0.3) is 0 Å². The molecular weight excluding hydrogens is 222 g/mol. The highest BCUT2D eigenvalue weighted by atomic mass is 35.5. The lowest BCUT2D eigenvalue weighted by Gasteiger charge is -2.09. The lowest BCUT2D eigenvalue weighted by atomic mass is 10.1. The third kappa shape index (κ3) is 3.39. The van der Waals surface area contributed by atoms with Crippen molar-refractivity contribution in [2.45, 2.75) is 19.3 Å². The number of benzene rings is 1. The van der Waals surface area contributed by atoms with Crippen LogP contribution in [0, 0.1) is 5.92 Å². The van der Waals surface area contributed by atoms with Crippen molar-refractivity contribution >= 4 is 11.6 Å². The summed E-state index contributed by atoms with van der Waals surface area (Å²) in [6, 6.07) is 6.04. The molecule has 16 heavy (non-hydrogen) atoms. The van der Waals surface area contributed by atoms with E-state index in [9.17, 15) is 0 Å². The Labute approximate surface area is 102 Å². The van der Waals surface area contributed by atoms with Gasteiger partial charge in [0.1, 0.15) is 5.75 Å². The van der Waals surface area contributed by atoms with E-state index < -0.39 is 0 Å². The Morgan fingerprint density at radius 2 is 2.25 bits per heavy atom. The van der Waals surface area contributed by atoms with Gasteiger partial charge >= 0.3 is 0 Å². The van der Waals surface area contributed by atoms with Gasteiger partial charge in [-0.1, -0.05) is 17.7 Å². The lowest BCUT2D eigenvalue weighted by molar-refractivity contribution is 0.299. The van der Waals surface area contributed by atoms with E-state index in [1.807, 2.05) is 13.1 Å². The van der Waals surface area contributed by atoms with Crippen molar-refractivity contribution in [2.24, 2.45) is 5.92 Å². The van der Waals surface area contributed by atoms with Crippen molar-refractivity contribution in [3.05, 3.63) is 28.8 Å². The van der Waals surface area contributed by atoms with Crippen molar-refractivity contribution in [1.82, 2.24) is 5.32 Å². The van der Waals surface area contributed by atoms with Crippen LogP contribution in [0.15, 0.2) is 18.2 Å². The molecule has 0 heterocycles. The second-order valence-electron chi connectivity index (χ2n) is 4.37. The first-order chi connectivity index (χ1) is 7.79. The second kappa shape index (κ2) is 5.55. The molecular formula is C13H18ClNO. The molecule has 1 aromatic carbocycles. The van der Waals surface area contributed by atoms with Crippen molar-refractivity contribution in [2.75, 3.05) is 20.2 Å². The zero-order chi connectivity index (χ0) is 11.4. The molecule has 1 fully saturated rings. The SMILES string of the molecule is CNCCc1ccc(Cl)c(OCC2CC2)c1. The average Bonchev–Trinajstić information content (AvgIpc) is 3.10. The predicted octanol–water partition coefficient (Wildman–Crippen LogP) is 2.89. The Kier molecular flexibility index (Phi) is 4.08. The van der Waals surface area contributed by atoms with Crippen molar-refractivity contribution in [3.8, 4) is 5.75 Å². The largest absolute Gasteiger partial charge is 0.492 e. The van der Waals surface area contributed by atoms with Gasteiger partial charge in [0, 0.05) is 0 Å². The van der Waals surface area contributed by atoms with Gasteiger partial charge in [-0.25, -0.2) is 0 Å². The first-order valence-electron chi connectivity index (χ1n) is 5.85. The topological polar surface area (TPSA) is 21.3 Å². The Morgan fingerprint density at radius 3 is 2.94 bits per heavy atom. The minimum Gasteiger partial charge on any atom is -0.492 e. The molecule has 1 N–H and O–H groups in total. The highest BCUT2D eigenvalue weighted by Crippen LogP contribution is 2.32. The van der Waals surface area contributed by atoms with Crippen LogP contribution in [0.5, 0.6) is 5.75 Å². The van der Waals surface area contributed by atoms with Crippen LogP contribution in [-0.4, -0.2) is 20.2 Å². The van der Waals surface area contributed by atoms with Gasteiger partial charge < -0.3 is 10.1 Å². The van der Waals surface area contributed by atoms with Crippen molar-refractivity contribution in [3.63, 3.8) is 0 Å². The maximum atomic E-state index is 6.09. The molecule has 1 saturated carbocycles. The zero-order valence-corrected chi connectivity index (χ0v) is 10.4. The number of rotatable bonds is 6. The molecule has 0 amide bonds. The summed E-state index contributed by atoms with van der Waals surface area (Å²) in [5.41, 5.74) is 1.27. The summed E-state index contributed by atoms with van der Waals surface area (Å²) in [6.07, 6.45) is 3.61. The van der Waals surface area contributed by atoms with Crippen molar-refractivity contribution in [1.29, 1.82) is 0 Å².